The van der Waals surface area contributed by atoms with E-state index in [1.807, 2.05) is 9.74 Å². The van der Waals surface area contributed by atoms with Gasteiger partial charge in [-0.25, -0.2) is 0 Å². The second-order valence-corrected chi connectivity index (χ2v) is 6.67. The first-order valence-electron chi connectivity index (χ1n) is 1.34. The molecule has 0 aliphatic rings. The van der Waals surface area contributed by atoms with E-state index in [4.69, 9.17) is 5.26 Å². The molecule has 0 aromatic rings. The molecule has 0 rings (SSSR count). The van der Waals surface area contributed by atoms with Crippen LogP contribution in [0.2, 0.25) is 9.74 Å². The van der Waals surface area contributed by atoms with Gasteiger partial charge in [0.15, 0.2) is 0 Å². The van der Waals surface area contributed by atoms with Crippen molar-refractivity contribution in [3.05, 3.63) is 0 Å². The summed E-state index contributed by atoms with van der Waals surface area (Å²) in [5.74, 6) is 0. The molecule has 0 aromatic carbocycles. The number of nitriles is 1. The average molecular weight is 178 g/mol. The maximum absolute atomic E-state index is 7.98. The topological polar surface area (TPSA) is 23.8 Å². The zero-order valence-corrected chi connectivity index (χ0v) is 5.95. The van der Waals surface area contributed by atoms with Gasteiger partial charge < -0.3 is 0 Å². The van der Waals surface area contributed by atoms with Gasteiger partial charge >= 0.3 is 39.2 Å². The first-order chi connectivity index (χ1) is 2.27. The number of nitrogens with zero attached hydrogens (tertiary/aromatic N) is 1. The van der Waals surface area contributed by atoms with Gasteiger partial charge in [-0.3, -0.25) is 0 Å². The Balaban J connectivity index is 2.94. The van der Waals surface area contributed by atoms with Crippen LogP contribution in [-0.4, -0.2) is 20.2 Å². The van der Waals surface area contributed by atoms with Gasteiger partial charge in [-0.05, 0) is 0 Å². The monoisotopic (exact) mass is 177 g/mol. The molecule has 0 saturated carbocycles. The molecule has 0 saturated heterocycles. The van der Waals surface area contributed by atoms with E-state index in [0.717, 1.165) is 0 Å². The minimum absolute atomic E-state index is 1.17. The molecule has 0 heterocycles. The first kappa shape index (κ1) is 5.31. The molecule has 0 spiro atoms. The van der Waals surface area contributed by atoms with Crippen molar-refractivity contribution in [2.75, 3.05) is 0 Å². The Kier molecular flexibility index (Phi) is 2.70. The molecule has 28 valence electrons. The fourth-order valence-corrected chi connectivity index (χ4v) is 0. The van der Waals surface area contributed by atoms with Crippen molar-refractivity contribution < 1.29 is 0 Å². The SMILES string of the molecule is [CH3][Sb]([CH3])[C]#N. The van der Waals surface area contributed by atoms with E-state index in [9.17, 15) is 0 Å². The van der Waals surface area contributed by atoms with E-state index in [-0.39, 0.29) is 0 Å². The number of hydrogen-bond donors (Lipinski definition) is 0. The third-order valence-corrected chi connectivity index (χ3v) is 1.34. The Hall–Kier alpha value is 0.308. The van der Waals surface area contributed by atoms with Gasteiger partial charge in [0, 0.05) is 0 Å². The summed E-state index contributed by atoms with van der Waals surface area (Å²) in [6, 6.07) is 0. The number of rotatable bonds is 0. The summed E-state index contributed by atoms with van der Waals surface area (Å²) in [6.07, 6.45) is 0. The van der Waals surface area contributed by atoms with Crippen molar-refractivity contribution in [1.82, 2.24) is 0 Å². The van der Waals surface area contributed by atoms with Crippen LogP contribution in [0.15, 0.2) is 0 Å². The fraction of sp³-hybridized carbons (Fsp3) is 0.667. The molecule has 0 amide bonds. The minimum atomic E-state index is -1.17. The molecule has 1 nitrogen and oxygen atoms in total. The molecule has 0 radical (unpaired) electrons. The van der Waals surface area contributed by atoms with Crippen LogP contribution in [0.4, 0.5) is 0 Å². The van der Waals surface area contributed by atoms with Crippen LogP contribution in [0, 0.1) is 9.28 Å². The van der Waals surface area contributed by atoms with Crippen molar-refractivity contribution in [2.24, 2.45) is 0 Å². The van der Waals surface area contributed by atoms with Gasteiger partial charge in [0.25, 0.3) is 0 Å². The van der Waals surface area contributed by atoms with Gasteiger partial charge in [-0.1, -0.05) is 0 Å². The standard InChI is InChI=1S/CN.2CH3.Sb/c1-2;;;/h;2*1H3;. The Morgan fingerprint density at radius 3 is 1.80 bits per heavy atom. The van der Waals surface area contributed by atoms with Crippen molar-refractivity contribution in [3.8, 4) is 4.02 Å². The van der Waals surface area contributed by atoms with Crippen molar-refractivity contribution in [2.45, 2.75) is 9.74 Å². The van der Waals surface area contributed by atoms with E-state index in [0.29, 0.717) is 0 Å². The van der Waals surface area contributed by atoms with Gasteiger partial charge in [0.2, 0.25) is 0 Å². The van der Waals surface area contributed by atoms with Gasteiger partial charge in [0.1, 0.15) is 0 Å². The zero-order valence-electron chi connectivity index (χ0n) is 3.39. The van der Waals surface area contributed by atoms with Gasteiger partial charge in [-0.2, -0.15) is 0 Å². The summed E-state index contributed by atoms with van der Waals surface area (Å²) in [6.45, 7) is 0. The summed E-state index contributed by atoms with van der Waals surface area (Å²) < 4.78 is 2.21. The predicted molar refractivity (Wildman–Crippen MR) is 23.1 cm³/mol. The predicted octanol–water partition coefficient (Wildman–Crippen LogP) is 0.804. The van der Waals surface area contributed by atoms with Crippen LogP contribution in [0.3, 0.4) is 0 Å². The Bertz CT molecular complexity index is 52.4. The molecular formula is C3H6NSb. The maximum atomic E-state index is 7.98. The van der Waals surface area contributed by atoms with E-state index >= 15 is 0 Å². The molecule has 0 unspecified atom stereocenters. The van der Waals surface area contributed by atoms with Crippen LogP contribution in [0.5, 0.6) is 0 Å². The molecular weight excluding hydrogens is 172 g/mol. The molecule has 0 aliphatic carbocycles. The summed E-state index contributed by atoms with van der Waals surface area (Å²) in [4.78, 5) is 4.09. The van der Waals surface area contributed by atoms with E-state index in [1.165, 1.54) is 0 Å². The van der Waals surface area contributed by atoms with Crippen molar-refractivity contribution >= 4 is 20.2 Å². The second-order valence-electron chi connectivity index (χ2n) is 0.994. The third kappa shape index (κ3) is 4.31. The van der Waals surface area contributed by atoms with Gasteiger partial charge in [-0.15, -0.1) is 0 Å². The van der Waals surface area contributed by atoms with E-state index in [2.05, 4.69) is 4.02 Å². The molecule has 0 aromatic heterocycles. The third-order valence-electron chi connectivity index (χ3n) is 0.200. The summed E-state index contributed by atoms with van der Waals surface area (Å²) >= 11 is -1.17. The fourth-order valence-electron chi connectivity index (χ4n) is 0. The van der Waals surface area contributed by atoms with E-state index in [1.54, 1.807) is 0 Å². The van der Waals surface area contributed by atoms with Crippen LogP contribution in [0.1, 0.15) is 0 Å². The summed E-state index contributed by atoms with van der Waals surface area (Å²) in [5, 5.41) is 7.98. The molecule has 0 atom stereocenters. The van der Waals surface area contributed by atoms with Crippen LogP contribution in [0.25, 0.3) is 0 Å². The average Bonchev–Trinajstić information content (AvgIpc) is 1.38. The van der Waals surface area contributed by atoms with Crippen molar-refractivity contribution in [1.29, 1.82) is 5.26 Å². The molecule has 0 fully saturated rings. The van der Waals surface area contributed by atoms with E-state index < -0.39 is 20.2 Å². The summed E-state index contributed by atoms with van der Waals surface area (Å²) in [7, 11) is 0. The molecule has 0 N–H and O–H groups in total. The van der Waals surface area contributed by atoms with Crippen LogP contribution in [-0.2, 0) is 0 Å². The van der Waals surface area contributed by atoms with Crippen LogP contribution < -0.4 is 0 Å². The molecule has 0 bridgehead atoms. The number of hydrogen-bond acceptors (Lipinski definition) is 1. The van der Waals surface area contributed by atoms with Gasteiger partial charge in [0.05, 0.1) is 0 Å². The Labute approximate surface area is 39.6 Å². The Morgan fingerprint density at radius 2 is 1.80 bits per heavy atom. The van der Waals surface area contributed by atoms with Crippen LogP contribution >= 0.6 is 0 Å². The Morgan fingerprint density at radius 1 is 1.60 bits per heavy atom. The summed E-state index contributed by atoms with van der Waals surface area (Å²) in [5.41, 5.74) is 0. The normalized spacial score (nSPS) is 7.60. The second kappa shape index (κ2) is 2.54. The quantitative estimate of drug-likeness (QED) is 0.503. The van der Waals surface area contributed by atoms with Crippen molar-refractivity contribution in [3.63, 3.8) is 0 Å². The molecule has 5 heavy (non-hydrogen) atoms. The first-order valence-corrected chi connectivity index (χ1v) is 7.72. The zero-order chi connectivity index (χ0) is 4.28. The molecule has 2 heteroatoms. The molecule has 0 aliphatic heterocycles.